The van der Waals surface area contributed by atoms with Gasteiger partial charge in [0.05, 0.1) is 17.9 Å². The van der Waals surface area contributed by atoms with Gasteiger partial charge < -0.3 is 5.32 Å². The van der Waals surface area contributed by atoms with E-state index in [2.05, 4.69) is 25.7 Å². The van der Waals surface area contributed by atoms with Crippen LogP contribution in [0.15, 0.2) is 18.3 Å². The number of hydrogen-bond acceptors (Lipinski definition) is 4. The van der Waals surface area contributed by atoms with Gasteiger partial charge in [0.25, 0.3) is 0 Å². The van der Waals surface area contributed by atoms with Gasteiger partial charge in [-0.15, -0.1) is 10.2 Å². The normalized spacial score (nSPS) is 10.3. The summed E-state index contributed by atoms with van der Waals surface area (Å²) in [7, 11) is 0. The first-order valence-corrected chi connectivity index (χ1v) is 4.92. The number of halogens is 2. The van der Waals surface area contributed by atoms with Gasteiger partial charge in [-0.2, -0.15) is 5.10 Å². The van der Waals surface area contributed by atoms with Crippen molar-refractivity contribution in [3.05, 3.63) is 34.3 Å². The highest BCUT2D eigenvalue weighted by atomic mass is 35.5. The molecule has 15 heavy (non-hydrogen) atoms. The zero-order valence-electron chi connectivity index (χ0n) is 7.54. The van der Waals surface area contributed by atoms with Crippen LogP contribution in [0.3, 0.4) is 0 Å². The van der Waals surface area contributed by atoms with Crippen LogP contribution in [-0.2, 0) is 6.54 Å². The minimum atomic E-state index is 0.291. The van der Waals surface area contributed by atoms with Crippen LogP contribution in [0.2, 0.25) is 10.3 Å². The molecule has 7 heteroatoms. The van der Waals surface area contributed by atoms with E-state index >= 15 is 0 Å². The highest BCUT2D eigenvalue weighted by Crippen LogP contribution is 2.21. The number of H-pyrrole nitrogens is 1. The average Bonchev–Trinajstić information content (AvgIpc) is 2.72. The van der Waals surface area contributed by atoms with Crippen LogP contribution >= 0.6 is 23.2 Å². The molecule has 0 aliphatic heterocycles. The molecule has 0 atom stereocenters. The van der Waals surface area contributed by atoms with Crippen LogP contribution < -0.4 is 5.32 Å². The first-order chi connectivity index (χ1) is 7.25. The van der Waals surface area contributed by atoms with Gasteiger partial charge in [-0.25, -0.2) is 0 Å². The second kappa shape index (κ2) is 4.46. The van der Waals surface area contributed by atoms with Gasteiger partial charge in [-0.05, 0) is 6.07 Å². The monoisotopic (exact) mass is 243 g/mol. The minimum absolute atomic E-state index is 0.291. The maximum atomic E-state index is 5.82. The van der Waals surface area contributed by atoms with Crippen molar-refractivity contribution in [2.24, 2.45) is 0 Å². The van der Waals surface area contributed by atoms with Crippen LogP contribution in [0.25, 0.3) is 0 Å². The SMILES string of the molecule is Clc1cc(NCc2ccn[nH]2)c(Cl)nn1. The number of aromatic nitrogens is 4. The lowest BCUT2D eigenvalue weighted by molar-refractivity contribution is 0.971. The molecule has 5 nitrogen and oxygen atoms in total. The molecule has 0 spiro atoms. The molecule has 0 fully saturated rings. The highest BCUT2D eigenvalue weighted by Gasteiger charge is 2.03. The molecule has 0 radical (unpaired) electrons. The fourth-order valence-electron chi connectivity index (χ4n) is 1.05. The summed E-state index contributed by atoms with van der Waals surface area (Å²) in [6.45, 7) is 0.571. The second-order valence-electron chi connectivity index (χ2n) is 2.81. The maximum Gasteiger partial charge on any atom is 0.174 e. The van der Waals surface area contributed by atoms with Gasteiger partial charge >= 0.3 is 0 Å². The van der Waals surface area contributed by atoms with Crippen molar-refractivity contribution < 1.29 is 0 Å². The first-order valence-electron chi connectivity index (χ1n) is 4.16. The number of anilines is 1. The number of hydrogen-bond donors (Lipinski definition) is 2. The largest absolute Gasteiger partial charge is 0.377 e. The van der Waals surface area contributed by atoms with E-state index in [-0.39, 0.29) is 0 Å². The Morgan fingerprint density at radius 2 is 2.20 bits per heavy atom. The van der Waals surface area contributed by atoms with Crippen LogP contribution in [-0.4, -0.2) is 20.4 Å². The molecule has 0 amide bonds. The molecule has 2 aromatic heterocycles. The molecule has 0 aromatic carbocycles. The molecule has 78 valence electrons. The summed E-state index contributed by atoms with van der Waals surface area (Å²) in [6.07, 6.45) is 1.68. The minimum Gasteiger partial charge on any atom is -0.377 e. The Hall–Kier alpha value is -1.33. The summed E-state index contributed by atoms with van der Waals surface area (Å²) in [5.41, 5.74) is 1.59. The second-order valence-corrected chi connectivity index (χ2v) is 3.55. The Morgan fingerprint density at radius 1 is 1.33 bits per heavy atom. The third-order valence-corrected chi connectivity index (χ3v) is 2.21. The van der Waals surface area contributed by atoms with Crippen molar-refractivity contribution in [2.75, 3.05) is 5.32 Å². The molecular weight excluding hydrogens is 237 g/mol. The summed E-state index contributed by atoms with van der Waals surface area (Å²) < 4.78 is 0. The Kier molecular flexibility index (Phi) is 3.03. The summed E-state index contributed by atoms with van der Waals surface area (Å²) in [5.74, 6) is 0. The van der Waals surface area contributed by atoms with E-state index < -0.39 is 0 Å². The molecule has 0 aliphatic rings. The third-order valence-electron chi connectivity index (χ3n) is 1.75. The van der Waals surface area contributed by atoms with Gasteiger partial charge in [-0.3, -0.25) is 5.10 Å². The molecule has 0 aliphatic carbocycles. The zero-order chi connectivity index (χ0) is 10.7. The van der Waals surface area contributed by atoms with E-state index in [1.807, 2.05) is 6.07 Å². The molecule has 0 bridgehead atoms. The lowest BCUT2D eigenvalue weighted by Crippen LogP contribution is -2.01. The lowest BCUT2D eigenvalue weighted by Gasteiger charge is -2.05. The number of aromatic amines is 1. The van der Waals surface area contributed by atoms with Crippen molar-refractivity contribution in [1.82, 2.24) is 20.4 Å². The van der Waals surface area contributed by atoms with Gasteiger partial charge in [-0.1, -0.05) is 23.2 Å². The predicted molar refractivity (Wildman–Crippen MR) is 58.0 cm³/mol. The van der Waals surface area contributed by atoms with Crippen molar-refractivity contribution in [3.63, 3.8) is 0 Å². The fraction of sp³-hybridized carbons (Fsp3) is 0.125. The van der Waals surface area contributed by atoms with E-state index in [0.717, 1.165) is 5.69 Å². The topological polar surface area (TPSA) is 66.5 Å². The molecule has 2 aromatic rings. The molecular formula is C8H7Cl2N5. The molecule has 0 saturated heterocycles. The summed E-state index contributed by atoms with van der Waals surface area (Å²) >= 11 is 11.5. The lowest BCUT2D eigenvalue weighted by atomic mass is 10.4. The highest BCUT2D eigenvalue weighted by molar-refractivity contribution is 6.33. The first kappa shape index (κ1) is 10.2. The van der Waals surface area contributed by atoms with Crippen molar-refractivity contribution in [3.8, 4) is 0 Å². The van der Waals surface area contributed by atoms with Crippen LogP contribution in [0, 0.1) is 0 Å². The zero-order valence-corrected chi connectivity index (χ0v) is 9.05. The Balaban J connectivity index is 2.07. The maximum absolute atomic E-state index is 5.82. The smallest absolute Gasteiger partial charge is 0.174 e. The average molecular weight is 244 g/mol. The van der Waals surface area contributed by atoms with Gasteiger partial charge in [0.1, 0.15) is 0 Å². The van der Waals surface area contributed by atoms with E-state index in [1.54, 1.807) is 12.3 Å². The van der Waals surface area contributed by atoms with Crippen molar-refractivity contribution in [1.29, 1.82) is 0 Å². The van der Waals surface area contributed by atoms with Gasteiger partial charge in [0, 0.05) is 12.3 Å². The van der Waals surface area contributed by atoms with Crippen LogP contribution in [0.5, 0.6) is 0 Å². The molecule has 2 rings (SSSR count). The molecule has 2 N–H and O–H groups in total. The van der Waals surface area contributed by atoms with E-state index in [1.165, 1.54) is 0 Å². The fourth-order valence-corrected chi connectivity index (χ4v) is 1.36. The third kappa shape index (κ3) is 2.57. The molecule has 0 unspecified atom stereocenters. The summed E-state index contributed by atoms with van der Waals surface area (Å²) in [4.78, 5) is 0. The van der Waals surface area contributed by atoms with Gasteiger partial charge in [0.2, 0.25) is 0 Å². The van der Waals surface area contributed by atoms with Gasteiger partial charge in [0.15, 0.2) is 10.3 Å². The standard InChI is InChI=1S/C8H7Cl2N5/c9-7-3-6(8(10)15-14-7)11-4-5-1-2-12-13-5/h1-3H,4H2,(H,11,14)(H,12,13). The Bertz CT molecular complexity index is 442. The van der Waals surface area contributed by atoms with E-state index in [0.29, 0.717) is 22.5 Å². The number of nitrogens with zero attached hydrogens (tertiary/aromatic N) is 3. The predicted octanol–water partition coefficient (Wildman–Crippen LogP) is 2.12. The van der Waals surface area contributed by atoms with E-state index in [4.69, 9.17) is 23.2 Å². The molecule has 0 saturated carbocycles. The van der Waals surface area contributed by atoms with Crippen LogP contribution in [0.4, 0.5) is 5.69 Å². The number of rotatable bonds is 3. The van der Waals surface area contributed by atoms with Crippen molar-refractivity contribution in [2.45, 2.75) is 6.54 Å². The summed E-state index contributed by atoms with van der Waals surface area (Å²) in [6, 6.07) is 3.48. The van der Waals surface area contributed by atoms with Crippen molar-refractivity contribution >= 4 is 28.9 Å². The summed E-state index contributed by atoms with van der Waals surface area (Å²) in [5, 5.41) is 17.6. The van der Waals surface area contributed by atoms with Crippen LogP contribution in [0.1, 0.15) is 5.69 Å². The Labute approximate surface area is 95.8 Å². The quantitative estimate of drug-likeness (QED) is 0.867. The Morgan fingerprint density at radius 3 is 2.93 bits per heavy atom. The van der Waals surface area contributed by atoms with E-state index in [9.17, 15) is 0 Å². The number of nitrogens with one attached hydrogen (secondary N) is 2. The molecule has 2 heterocycles.